The summed E-state index contributed by atoms with van der Waals surface area (Å²) in [4.78, 5) is 24.3. The molecule has 1 atom stereocenters. The Kier molecular flexibility index (Phi) is 6.49. The zero-order chi connectivity index (χ0) is 20.1. The Morgan fingerprint density at radius 2 is 1.93 bits per heavy atom. The third-order valence-electron chi connectivity index (χ3n) is 4.10. The van der Waals surface area contributed by atoms with Crippen LogP contribution in [0.3, 0.4) is 0 Å². The van der Waals surface area contributed by atoms with Crippen LogP contribution in [0.15, 0.2) is 63.6 Å². The van der Waals surface area contributed by atoms with E-state index in [0.717, 1.165) is 16.2 Å². The van der Waals surface area contributed by atoms with Crippen molar-refractivity contribution >= 4 is 45.2 Å². The van der Waals surface area contributed by atoms with Gasteiger partial charge in [0.15, 0.2) is 0 Å². The van der Waals surface area contributed by atoms with Gasteiger partial charge in [-0.25, -0.2) is 4.39 Å². The zero-order valence-corrected chi connectivity index (χ0v) is 16.9. The molecule has 2 amide bonds. The highest BCUT2D eigenvalue weighted by Crippen LogP contribution is 2.35. The van der Waals surface area contributed by atoms with Gasteiger partial charge >= 0.3 is 0 Å². The second kappa shape index (κ2) is 9.04. The van der Waals surface area contributed by atoms with E-state index in [1.165, 1.54) is 12.1 Å². The summed E-state index contributed by atoms with van der Waals surface area (Å²) >= 11 is 4.42. The lowest BCUT2D eigenvalue weighted by Crippen LogP contribution is -2.31. The number of hydrogen-bond donors (Lipinski definition) is 2. The van der Waals surface area contributed by atoms with Crippen molar-refractivity contribution in [2.24, 2.45) is 0 Å². The SMILES string of the molecule is N#CC1=C(SCC(=O)Nc2ccc(Br)cc2)NC(=O)CC1c1ccc(F)cc1. The highest BCUT2D eigenvalue weighted by molar-refractivity contribution is 9.10. The van der Waals surface area contributed by atoms with Crippen LogP contribution >= 0.6 is 27.7 Å². The maximum atomic E-state index is 13.2. The number of carbonyl (C=O) groups excluding carboxylic acids is 2. The first-order valence-corrected chi connectivity index (χ1v) is 10.1. The van der Waals surface area contributed by atoms with Crippen molar-refractivity contribution in [2.75, 3.05) is 11.1 Å². The van der Waals surface area contributed by atoms with Crippen molar-refractivity contribution in [3.05, 3.63) is 75.0 Å². The number of hydrogen-bond acceptors (Lipinski definition) is 4. The lowest BCUT2D eigenvalue weighted by molar-refractivity contribution is -0.121. The van der Waals surface area contributed by atoms with Crippen LogP contribution in [0, 0.1) is 17.1 Å². The van der Waals surface area contributed by atoms with Crippen molar-refractivity contribution in [1.82, 2.24) is 5.32 Å². The summed E-state index contributed by atoms with van der Waals surface area (Å²) in [6.07, 6.45) is 0.101. The van der Waals surface area contributed by atoms with Gasteiger partial charge in [-0.05, 0) is 42.0 Å². The first-order valence-electron chi connectivity index (χ1n) is 8.34. The molecule has 1 aliphatic rings. The van der Waals surface area contributed by atoms with Gasteiger partial charge in [-0.1, -0.05) is 39.8 Å². The Morgan fingerprint density at radius 3 is 2.57 bits per heavy atom. The lowest BCUT2D eigenvalue weighted by Gasteiger charge is -2.25. The molecule has 2 aromatic carbocycles. The van der Waals surface area contributed by atoms with E-state index in [-0.39, 0.29) is 29.8 Å². The number of nitrogens with zero attached hydrogens (tertiary/aromatic N) is 1. The standard InChI is InChI=1S/C20H15BrFN3O2S/c21-13-3-7-15(8-4-13)24-19(27)11-28-20-17(10-23)16(9-18(26)25-20)12-1-5-14(22)6-2-12/h1-8,16H,9,11H2,(H,24,27)(H,25,26). The fraction of sp³-hybridized carbons (Fsp3) is 0.150. The van der Waals surface area contributed by atoms with E-state index in [1.807, 2.05) is 12.1 Å². The van der Waals surface area contributed by atoms with Crippen LogP contribution in [0.4, 0.5) is 10.1 Å². The van der Waals surface area contributed by atoms with Gasteiger partial charge in [-0.2, -0.15) is 5.26 Å². The molecule has 1 unspecified atom stereocenters. The molecular weight excluding hydrogens is 445 g/mol. The summed E-state index contributed by atoms with van der Waals surface area (Å²) in [7, 11) is 0. The predicted octanol–water partition coefficient (Wildman–Crippen LogP) is 4.30. The molecule has 2 aromatic rings. The van der Waals surface area contributed by atoms with Gasteiger partial charge in [-0.15, -0.1) is 0 Å². The largest absolute Gasteiger partial charge is 0.325 e. The highest BCUT2D eigenvalue weighted by atomic mass is 79.9. The van der Waals surface area contributed by atoms with E-state index in [0.29, 0.717) is 21.9 Å². The molecular formula is C20H15BrFN3O2S. The summed E-state index contributed by atoms with van der Waals surface area (Å²) < 4.78 is 14.1. The van der Waals surface area contributed by atoms with Crippen molar-refractivity contribution in [1.29, 1.82) is 5.26 Å². The summed E-state index contributed by atoms with van der Waals surface area (Å²) in [5, 5.41) is 15.4. The van der Waals surface area contributed by atoms with Gasteiger partial charge < -0.3 is 10.6 Å². The predicted molar refractivity (Wildman–Crippen MR) is 110 cm³/mol. The third-order valence-corrected chi connectivity index (χ3v) is 5.65. The number of rotatable bonds is 5. The minimum absolute atomic E-state index is 0.0347. The zero-order valence-electron chi connectivity index (χ0n) is 14.5. The number of benzene rings is 2. The van der Waals surface area contributed by atoms with E-state index >= 15 is 0 Å². The Labute approximate surface area is 174 Å². The van der Waals surface area contributed by atoms with Crippen molar-refractivity contribution in [2.45, 2.75) is 12.3 Å². The van der Waals surface area contributed by atoms with Gasteiger partial charge in [0.05, 0.1) is 22.4 Å². The van der Waals surface area contributed by atoms with Gasteiger partial charge in [0.2, 0.25) is 11.8 Å². The molecule has 0 radical (unpaired) electrons. The molecule has 0 bridgehead atoms. The van der Waals surface area contributed by atoms with Crippen LogP contribution < -0.4 is 10.6 Å². The Morgan fingerprint density at radius 1 is 1.25 bits per heavy atom. The molecule has 0 saturated carbocycles. The minimum Gasteiger partial charge on any atom is -0.325 e. The Hall–Kier alpha value is -2.63. The Balaban J connectivity index is 1.73. The molecule has 0 fully saturated rings. The van der Waals surface area contributed by atoms with Crippen LogP contribution in [-0.4, -0.2) is 17.6 Å². The average Bonchev–Trinajstić information content (AvgIpc) is 2.68. The molecule has 0 aliphatic carbocycles. The number of carbonyl (C=O) groups is 2. The highest BCUT2D eigenvalue weighted by Gasteiger charge is 2.29. The molecule has 3 rings (SSSR count). The lowest BCUT2D eigenvalue weighted by atomic mass is 9.87. The monoisotopic (exact) mass is 459 g/mol. The molecule has 142 valence electrons. The van der Waals surface area contributed by atoms with E-state index < -0.39 is 5.92 Å². The van der Waals surface area contributed by atoms with Crippen molar-refractivity contribution in [3.8, 4) is 6.07 Å². The number of amides is 2. The maximum Gasteiger partial charge on any atom is 0.234 e. The van der Waals surface area contributed by atoms with Crippen LogP contribution in [0.25, 0.3) is 0 Å². The topological polar surface area (TPSA) is 82.0 Å². The molecule has 1 aliphatic heterocycles. The van der Waals surface area contributed by atoms with E-state index in [9.17, 15) is 19.2 Å². The summed E-state index contributed by atoms with van der Waals surface area (Å²) in [5.41, 5.74) is 1.71. The van der Waals surface area contributed by atoms with Crippen LogP contribution in [0.1, 0.15) is 17.9 Å². The van der Waals surface area contributed by atoms with Gasteiger partial charge in [0.25, 0.3) is 0 Å². The van der Waals surface area contributed by atoms with E-state index in [4.69, 9.17) is 0 Å². The molecule has 0 spiro atoms. The second-order valence-electron chi connectivity index (χ2n) is 6.05. The number of allylic oxidation sites excluding steroid dienone is 1. The molecule has 5 nitrogen and oxygen atoms in total. The molecule has 2 N–H and O–H groups in total. The van der Waals surface area contributed by atoms with Crippen LogP contribution in [0.5, 0.6) is 0 Å². The summed E-state index contributed by atoms with van der Waals surface area (Å²) in [6.45, 7) is 0. The number of thioether (sulfide) groups is 1. The summed E-state index contributed by atoms with van der Waals surface area (Å²) in [5.74, 6) is -1.31. The van der Waals surface area contributed by atoms with E-state index in [1.54, 1.807) is 24.3 Å². The maximum absolute atomic E-state index is 13.2. The molecule has 28 heavy (non-hydrogen) atoms. The van der Waals surface area contributed by atoms with Crippen LogP contribution in [-0.2, 0) is 9.59 Å². The third kappa shape index (κ3) is 5.00. The van der Waals surface area contributed by atoms with Gasteiger partial charge in [0.1, 0.15) is 5.82 Å². The fourth-order valence-corrected chi connectivity index (χ4v) is 3.92. The molecule has 8 heteroatoms. The minimum atomic E-state index is -0.462. The number of nitriles is 1. The first kappa shape index (κ1) is 20.1. The molecule has 1 heterocycles. The number of halogens is 2. The fourth-order valence-electron chi connectivity index (χ4n) is 2.78. The molecule has 0 aromatic heterocycles. The second-order valence-corrected chi connectivity index (χ2v) is 7.96. The average molecular weight is 460 g/mol. The first-order chi connectivity index (χ1) is 13.5. The van der Waals surface area contributed by atoms with Crippen LogP contribution in [0.2, 0.25) is 0 Å². The van der Waals surface area contributed by atoms with Gasteiger partial charge in [-0.3, -0.25) is 9.59 Å². The number of anilines is 1. The normalized spacial score (nSPS) is 16.3. The number of nitrogens with one attached hydrogen (secondary N) is 2. The smallest absolute Gasteiger partial charge is 0.234 e. The Bertz CT molecular complexity index is 968. The van der Waals surface area contributed by atoms with Gasteiger partial charge in [0, 0.05) is 22.5 Å². The van der Waals surface area contributed by atoms with Crippen molar-refractivity contribution in [3.63, 3.8) is 0 Å². The molecule has 0 saturated heterocycles. The van der Waals surface area contributed by atoms with Crippen molar-refractivity contribution < 1.29 is 14.0 Å². The summed E-state index contributed by atoms with van der Waals surface area (Å²) in [6, 6.07) is 15.0. The van der Waals surface area contributed by atoms with E-state index in [2.05, 4.69) is 32.6 Å². The quantitative estimate of drug-likeness (QED) is 0.698.